The van der Waals surface area contributed by atoms with Crippen LogP contribution in [0.2, 0.25) is 0 Å². The predicted octanol–water partition coefficient (Wildman–Crippen LogP) is 3.51. The molecule has 4 aromatic rings. The Labute approximate surface area is 190 Å². The summed E-state index contributed by atoms with van der Waals surface area (Å²) in [6, 6.07) is 15.0. The zero-order valence-electron chi connectivity index (χ0n) is 18.6. The summed E-state index contributed by atoms with van der Waals surface area (Å²) < 4.78 is 26.1. The molecule has 0 saturated carbocycles. The molecular formula is C24H24FN5O3. The number of halogens is 1. The molecule has 33 heavy (non-hydrogen) atoms. The number of hydrogen-bond acceptors (Lipinski definition) is 6. The molecule has 0 saturated heterocycles. The highest BCUT2D eigenvalue weighted by molar-refractivity contribution is 5.80. The van der Waals surface area contributed by atoms with Gasteiger partial charge in [-0.15, -0.1) is 15.3 Å². The summed E-state index contributed by atoms with van der Waals surface area (Å²) in [5.74, 6) is 0.902. The third-order valence-electron chi connectivity index (χ3n) is 5.15. The second-order valence-electron chi connectivity index (χ2n) is 7.62. The minimum absolute atomic E-state index is 0.217. The molecule has 4 rings (SSSR count). The summed E-state index contributed by atoms with van der Waals surface area (Å²) in [5, 5.41) is 15.4. The van der Waals surface area contributed by atoms with Crippen molar-refractivity contribution in [1.29, 1.82) is 0 Å². The lowest BCUT2D eigenvalue weighted by molar-refractivity contribution is -0.127. The van der Waals surface area contributed by atoms with Gasteiger partial charge in [-0.3, -0.25) is 4.79 Å². The third kappa shape index (κ3) is 5.25. The SMILES string of the molecule is Cc1ccc(OC(C)C(=O)NCCOc2ccc3nnc(-c4ccc(F)cc4)n3n2)cc1C. The van der Waals surface area contributed by atoms with Gasteiger partial charge in [0.2, 0.25) is 5.88 Å². The maximum absolute atomic E-state index is 13.2. The van der Waals surface area contributed by atoms with E-state index < -0.39 is 6.10 Å². The second-order valence-corrected chi connectivity index (χ2v) is 7.62. The monoisotopic (exact) mass is 449 g/mol. The van der Waals surface area contributed by atoms with Crippen molar-refractivity contribution in [2.45, 2.75) is 26.9 Å². The molecule has 0 spiro atoms. The molecule has 0 aliphatic heterocycles. The van der Waals surface area contributed by atoms with Gasteiger partial charge in [0, 0.05) is 11.6 Å². The van der Waals surface area contributed by atoms with Crippen LogP contribution in [0, 0.1) is 19.7 Å². The Bertz CT molecular complexity index is 1270. The Kier molecular flexibility index (Phi) is 6.48. The van der Waals surface area contributed by atoms with E-state index in [1.165, 1.54) is 22.2 Å². The summed E-state index contributed by atoms with van der Waals surface area (Å²) in [6.07, 6.45) is -0.642. The topological polar surface area (TPSA) is 90.6 Å². The molecule has 2 aromatic carbocycles. The molecule has 9 heteroatoms. The lowest BCUT2D eigenvalue weighted by Crippen LogP contribution is -2.38. The number of nitrogens with zero attached hydrogens (tertiary/aromatic N) is 4. The number of fused-ring (bicyclic) bond motifs is 1. The van der Waals surface area contributed by atoms with Crippen LogP contribution < -0.4 is 14.8 Å². The summed E-state index contributed by atoms with van der Waals surface area (Å²) in [4.78, 5) is 12.3. The van der Waals surface area contributed by atoms with Crippen LogP contribution in [0.25, 0.3) is 17.0 Å². The van der Waals surface area contributed by atoms with Crippen LogP contribution >= 0.6 is 0 Å². The van der Waals surface area contributed by atoms with Crippen molar-refractivity contribution in [1.82, 2.24) is 25.1 Å². The van der Waals surface area contributed by atoms with Crippen molar-refractivity contribution in [3.05, 3.63) is 71.5 Å². The normalized spacial score (nSPS) is 11.9. The third-order valence-corrected chi connectivity index (χ3v) is 5.15. The Morgan fingerprint density at radius 1 is 1.06 bits per heavy atom. The van der Waals surface area contributed by atoms with Crippen LogP contribution in [0.15, 0.2) is 54.6 Å². The second kappa shape index (κ2) is 9.64. The Morgan fingerprint density at radius 3 is 2.61 bits per heavy atom. The van der Waals surface area contributed by atoms with Gasteiger partial charge in [-0.1, -0.05) is 6.07 Å². The maximum Gasteiger partial charge on any atom is 0.260 e. The number of amides is 1. The molecule has 1 amide bonds. The van der Waals surface area contributed by atoms with Gasteiger partial charge in [-0.25, -0.2) is 4.39 Å². The van der Waals surface area contributed by atoms with Gasteiger partial charge in [0.05, 0.1) is 6.54 Å². The van der Waals surface area contributed by atoms with Gasteiger partial charge in [-0.05, 0) is 74.4 Å². The van der Waals surface area contributed by atoms with Gasteiger partial charge in [-0.2, -0.15) is 4.52 Å². The van der Waals surface area contributed by atoms with Gasteiger partial charge < -0.3 is 14.8 Å². The van der Waals surface area contributed by atoms with E-state index >= 15 is 0 Å². The Morgan fingerprint density at radius 2 is 1.85 bits per heavy atom. The molecule has 0 fully saturated rings. The van der Waals surface area contributed by atoms with Gasteiger partial charge in [0.1, 0.15) is 18.2 Å². The molecule has 0 radical (unpaired) electrons. The predicted molar refractivity (Wildman–Crippen MR) is 121 cm³/mol. The number of carbonyl (C=O) groups excluding carboxylic acids is 1. The highest BCUT2D eigenvalue weighted by Gasteiger charge is 2.15. The molecule has 2 heterocycles. The minimum Gasteiger partial charge on any atom is -0.481 e. The molecule has 1 atom stereocenters. The van der Waals surface area contributed by atoms with Crippen LogP contribution in [0.5, 0.6) is 11.6 Å². The zero-order valence-corrected chi connectivity index (χ0v) is 18.6. The smallest absolute Gasteiger partial charge is 0.260 e. The van der Waals surface area contributed by atoms with Crippen LogP contribution in [0.1, 0.15) is 18.1 Å². The number of nitrogens with one attached hydrogen (secondary N) is 1. The number of rotatable bonds is 8. The molecule has 170 valence electrons. The molecule has 1 unspecified atom stereocenters. The fourth-order valence-corrected chi connectivity index (χ4v) is 3.15. The van der Waals surface area contributed by atoms with E-state index in [4.69, 9.17) is 9.47 Å². The zero-order chi connectivity index (χ0) is 23.4. The molecule has 2 aromatic heterocycles. The number of ether oxygens (including phenoxy) is 2. The summed E-state index contributed by atoms with van der Waals surface area (Å²) in [6.45, 7) is 6.22. The first-order chi connectivity index (χ1) is 15.9. The largest absolute Gasteiger partial charge is 0.481 e. The highest BCUT2D eigenvalue weighted by atomic mass is 19.1. The van der Waals surface area contributed by atoms with E-state index in [0.29, 0.717) is 28.7 Å². The number of benzene rings is 2. The standard InChI is InChI=1S/C24H24FN5O3/c1-15-4-9-20(14-16(15)2)33-17(3)24(31)26-12-13-32-22-11-10-21-27-28-23(30(21)29-22)18-5-7-19(25)8-6-18/h4-11,14,17H,12-13H2,1-3H3,(H,26,31). The van der Waals surface area contributed by atoms with Crippen molar-refractivity contribution in [3.63, 3.8) is 0 Å². The number of aryl methyl sites for hydroxylation is 2. The molecule has 8 nitrogen and oxygen atoms in total. The average Bonchev–Trinajstić information content (AvgIpc) is 3.23. The van der Waals surface area contributed by atoms with Crippen LogP contribution in [-0.4, -0.2) is 45.0 Å². The molecule has 1 N–H and O–H groups in total. The van der Waals surface area contributed by atoms with E-state index in [2.05, 4.69) is 20.6 Å². The first-order valence-corrected chi connectivity index (χ1v) is 10.5. The van der Waals surface area contributed by atoms with Crippen molar-refractivity contribution in [2.75, 3.05) is 13.2 Å². The van der Waals surface area contributed by atoms with E-state index in [1.54, 1.807) is 31.2 Å². The first-order valence-electron chi connectivity index (χ1n) is 10.5. The summed E-state index contributed by atoms with van der Waals surface area (Å²) in [7, 11) is 0. The molecule has 0 bridgehead atoms. The van der Waals surface area contributed by atoms with Crippen LogP contribution in [-0.2, 0) is 4.79 Å². The molecule has 0 aliphatic rings. The quantitative estimate of drug-likeness (QED) is 0.414. The lowest BCUT2D eigenvalue weighted by atomic mass is 10.1. The number of hydrogen-bond donors (Lipinski definition) is 1. The van der Waals surface area contributed by atoms with Crippen LogP contribution in [0.3, 0.4) is 0 Å². The summed E-state index contributed by atoms with van der Waals surface area (Å²) in [5.41, 5.74) is 3.49. The van der Waals surface area contributed by atoms with E-state index in [0.717, 1.165) is 5.56 Å². The number of carbonyl (C=O) groups is 1. The fraction of sp³-hybridized carbons (Fsp3) is 0.250. The average molecular weight is 449 g/mol. The van der Waals surface area contributed by atoms with Crippen molar-refractivity contribution in [2.24, 2.45) is 0 Å². The molecule has 0 aliphatic carbocycles. The lowest BCUT2D eigenvalue weighted by Gasteiger charge is -2.15. The Balaban J connectivity index is 1.31. The fourth-order valence-electron chi connectivity index (χ4n) is 3.15. The van der Waals surface area contributed by atoms with E-state index in [9.17, 15) is 9.18 Å². The van der Waals surface area contributed by atoms with Gasteiger partial charge >= 0.3 is 0 Å². The highest BCUT2D eigenvalue weighted by Crippen LogP contribution is 2.20. The maximum atomic E-state index is 13.2. The van der Waals surface area contributed by atoms with Crippen molar-refractivity contribution < 1.29 is 18.7 Å². The number of aromatic nitrogens is 4. The van der Waals surface area contributed by atoms with Crippen molar-refractivity contribution >= 4 is 11.6 Å². The minimum atomic E-state index is -0.642. The first kappa shape index (κ1) is 22.2. The molecular weight excluding hydrogens is 425 g/mol. The van der Waals surface area contributed by atoms with E-state index in [1.807, 2.05) is 32.0 Å². The van der Waals surface area contributed by atoms with Crippen molar-refractivity contribution in [3.8, 4) is 23.0 Å². The summed E-state index contributed by atoms with van der Waals surface area (Å²) >= 11 is 0. The van der Waals surface area contributed by atoms with Crippen LogP contribution in [0.4, 0.5) is 4.39 Å². The van der Waals surface area contributed by atoms with Gasteiger partial charge in [0.15, 0.2) is 17.6 Å². The van der Waals surface area contributed by atoms with Gasteiger partial charge in [0.25, 0.3) is 5.91 Å². The Hall–Kier alpha value is -4.01. The van der Waals surface area contributed by atoms with E-state index in [-0.39, 0.29) is 24.9 Å².